The van der Waals surface area contributed by atoms with E-state index in [4.69, 9.17) is 0 Å². The number of nitrogens with zero attached hydrogens (tertiary/aromatic N) is 1. The zero-order valence-corrected chi connectivity index (χ0v) is 9.20. The van der Waals surface area contributed by atoms with Crippen LogP contribution in [0.2, 0.25) is 0 Å². The van der Waals surface area contributed by atoms with Gasteiger partial charge in [0.2, 0.25) is 0 Å². The first-order valence-electron chi connectivity index (χ1n) is 5.71. The van der Waals surface area contributed by atoms with Gasteiger partial charge in [-0.2, -0.15) is 0 Å². The first-order chi connectivity index (χ1) is 7.27. The number of carbonyl (C=O) groups excluding carboxylic acids is 1. The normalized spacial score (nSPS) is 16.9. The van der Waals surface area contributed by atoms with Crippen LogP contribution in [0.25, 0.3) is 0 Å². The molecule has 1 aromatic rings. The molecule has 0 aliphatic heterocycles. The fourth-order valence-corrected chi connectivity index (χ4v) is 2.37. The Kier molecular flexibility index (Phi) is 3.14. The molecule has 1 aromatic heterocycles. The molecule has 0 amide bonds. The van der Waals surface area contributed by atoms with Gasteiger partial charge in [-0.05, 0) is 24.5 Å². The SMILES string of the molecule is Cc1cnccc1C(=O)CC1CCCC1. The Morgan fingerprint density at radius 1 is 1.47 bits per heavy atom. The van der Waals surface area contributed by atoms with Crippen molar-refractivity contribution in [2.24, 2.45) is 5.92 Å². The van der Waals surface area contributed by atoms with Gasteiger partial charge in [0.05, 0.1) is 0 Å². The quantitative estimate of drug-likeness (QED) is 0.706. The van der Waals surface area contributed by atoms with Gasteiger partial charge < -0.3 is 0 Å². The monoisotopic (exact) mass is 203 g/mol. The molecular formula is C13H17NO. The lowest BCUT2D eigenvalue weighted by molar-refractivity contribution is 0.0961. The van der Waals surface area contributed by atoms with E-state index in [-0.39, 0.29) is 0 Å². The molecule has 1 heterocycles. The fraction of sp³-hybridized carbons (Fsp3) is 0.538. The molecule has 2 nitrogen and oxygen atoms in total. The van der Waals surface area contributed by atoms with Crippen LogP contribution in [0.5, 0.6) is 0 Å². The molecule has 1 aliphatic rings. The highest BCUT2D eigenvalue weighted by atomic mass is 16.1. The maximum Gasteiger partial charge on any atom is 0.163 e. The first-order valence-corrected chi connectivity index (χ1v) is 5.71. The first kappa shape index (κ1) is 10.3. The number of hydrogen-bond acceptors (Lipinski definition) is 2. The van der Waals surface area contributed by atoms with Crippen LogP contribution in [-0.4, -0.2) is 10.8 Å². The third kappa shape index (κ3) is 2.44. The predicted molar refractivity (Wildman–Crippen MR) is 59.9 cm³/mol. The summed E-state index contributed by atoms with van der Waals surface area (Å²) in [5.74, 6) is 0.923. The van der Waals surface area contributed by atoms with Gasteiger partial charge in [0.15, 0.2) is 5.78 Å². The van der Waals surface area contributed by atoms with Crippen LogP contribution in [-0.2, 0) is 0 Å². The zero-order chi connectivity index (χ0) is 10.7. The molecule has 15 heavy (non-hydrogen) atoms. The highest BCUT2D eigenvalue weighted by molar-refractivity contribution is 5.97. The number of rotatable bonds is 3. The summed E-state index contributed by atoms with van der Waals surface area (Å²) in [5, 5.41) is 0. The van der Waals surface area contributed by atoms with Crippen molar-refractivity contribution in [2.45, 2.75) is 39.0 Å². The van der Waals surface area contributed by atoms with Gasteiger partial charge in [-0.3, -0.25) is 9.78 Å². The Hall–Kier alpha value is -1.18. The minimum atomic E-state index is 0.293. The zero-order valence-electron chi connectivity index (χ0n) is 9.20. The van der Waals surface area contributed by atoms with Crippen molar-refractivity contribution < 1.29 is 4.79 Å². The summed E-state index contributed by atoms with van der Waals surface area (Å²) in [5.41, 5.74) is 1.86. The van der Waals surface area contributed by atoms with Crippen LogP contribution in [0.15, 0.2) is 18.5 Å². The molecule has 0 spiro atoms. The van der Waals surface area contributed by atoms with E-state index in [2.05, 4.69) is 4.98 Å². The van der Waals surface area contributed by atoms with E-state index in [0.717, 1.165) is 17.5 Å². The largest absolute Gasteiger partial charge is 0.294 e. The second-order valence-corrected chi connectivity index (χ2v) is 4.47. The minimum absolute atomic E-state index is 0.293. The molecule has 1 saturated carbocycles. The van der Waals surface area contributed by atoms with Crippen molar-refractivity contribution in [1.29, 1.82) is 0 Å². The predicted octanol–water partition coefficient (Wildman–Crippen LogP) is 3.15. The smallest absolute Gasteiger partial charge is 0.163 e. The van der Waals surface area contributed by atoms with Crippen LogP contribution in [0.4, 0.5) is 0 Å². The van der Waals surface area contributed by atoms with E-state index in [1.54, 1.807) is 12.4 Å². The van der Waals surface area contributed by atoms with E-state index >= 15 is 0 Å². The topological polar surface area (TPSA) is 30.0 Å². The van der Waals surface area contributed by atoms with Crippen molar-refractivity contribution in [3.8, 4) is 0 Å². The molecule has 1 fully saturated rings. The standard InChI is InChI=1S/C13H17NO/c1-10-9-14-7-6-12(10)13(15)8-11-4-2-3-5-11/h6-7,9,11H,2-5,8H2,1H3. The van der Waals surface area contributed by atoms with Crippen molar-refractivity contribution in [1.82, 2.24) is 4.98 Å². The van der Waals surface area contributed by atoms with E-state index < -0.39 is 0 Å². The maximum atomic E-state index is 12.0. The number of carbonyl (C=O) groups is 1. The maximum absolute atomic E-state index is 12.0. The summed E-state index contributed by atoms with van der Waals surface area (Å²) in [6.07, 6.45) is 9.26. The molecule has 0 aromatic carbocycles. The third-order valence-electron chi connectivity index (χ3n) is 3.27. The molecule has 1 aliphatic carbocycles. The van der Waals surface area contributed by atoms with Crippen LogP contribution in [0, 0.1) is 12.8 Å². The Balaban J connectivity index is 2.04. The average Bonchev–Trinajstić information content (AvgIpc) is 2.71. The molecule has 80 valence electrons. The van der Waals surface area contributed by atoms with Crippen molar-refractivity contribution in [3.05, 3.63) is 29.6 Å². The van der Waals surface area contributed by atoms with Gasteiger partial charge in [0, 0.05) is 24.4 Å². The highest BCUT2D eigenvalue weighted by Gasteiger charge is 2.19. The highest BCUT2D eigenvalue weighted by Crippen LogP contribution is 2.28. The molecule has 2 heteroatoms. The molecule has 0 atom stereocenters. The van der Waals surface area contributed by atoms with Gasteiger partial charge in [-0.1, -0.05) is 25.7 Å². The van der Waals surface area contributed by atoms with E-state index in [9.17, 15) is 4.79 Å². The van der Waals surface area contributed by atoms with Crippen LogP contribution in [0.3, 0.4) is 0 Å². The minimum Gasteiger partial charge on any atom is -0.294 e. The second kappa shape index (κ2) is 4.56. The lowest BCUT2D eigenvalue weighted by atomic mass is 9.96. The molecule has 0 N–H and O–H groups in total. The summed E-state index contributed by atoms with van der Waals surface area (Å²) in [6, 6.07) is 1.84. The summed E-state index contributed by atoms with van der Waals surface area (Å²) in [7, 11) is 0. The van der Waals surface area contributed by atoms with Crippen molar-refractivity contribution >= 4 is 5.78 Å². The number of ketones is 1. The number of Topliss-reactive ketones (excluding diaryl/α,β-unsaturated/α-hetero) is 1. The van der Waals surface area contributed by atoms with Crippen LogP contribution >= 0.6 is 0 Å². The van der Waals surface area contributed by atoms with Gasteiger partial charge in [0.1, 0.15) is 0 Å². The van der Waals surface area contributed by atoms with Crippen molar-refractivity contribution in [2.75, 3.05) is 0 Å². The fourth-order valence-electron chi connectivity index (χ4n) is 2.37. The summed E-state index contributed by atoms with van der Waals surface area (Å²) in [4.78, 5) is 16.0. The third-order valence-corrected chi connectivity index (χ3v) is 3.27. The molecule has 0 saturated heterocycles. The van der Waals surface area contributed by atoms with E-state index in [1.165, 1.54) is 25.7 Å². The number of pyridine rings is 1. The number of hydrogen-bond donors (Lipinski definition) is 0. The van der Waals surface area contributed by atoms with Gasteiger partial charge >= 0.3 is 0 Å². The number of aryl methyl sites for hydroxylation is 1. The molecule has 0 radical (unpaired) electrons. The van der Waals surface area contributed by atoms with E-state index in [1.807, 2.05) is 13.0 Å². The summed E-state index contributed by atoms with van der Waals surface area (Å²) >= 11 is 0. The Bertz CT molecular complexity index is 353. The Morgan fingerprint density at radius 2 is 2.20 bits per heavy atom. The Morgan fingerprint density at radius 3 is 2.87 bits per heavy atom. The lowest BCUT2D eigenvalue weighted by Crippen LogP contribution is -2.07. The Labute approximate surface area is 90.7 Å². The van der Waals surface area contributed by atoms with Gasteiger partial charge in [-0.15, -0.1) is 0 Å². The van der Waals surface area contributed by atoms with Gasteiger partial charge in [-0.25, -0.2) is 0 Å². The van der Waals surface area contributed by atoms with Crippen LogP contribution < -0.4 is 0 Å². The second-order valence-electron chi connectivity index (χ2n) is 4.47. The molecular weight excluding hydrogens is 186 g/mol. The van der Waals surface area contributed by atoms with Crippen molar-refractivity contribution in [3.63, 3.8) is 0 Å². The molecule has 0 unspecified atom stereocenters. The van der Waals surface area contributed by atoms with E-state index in [0.29, 0.717) is 11.7 Å². The summed E-state index contributed by atoms with van der Waals surface area (Å²) < 4.78 is 0. The van der Waals surface area contributed by atoms with Crippen LogP contribution in [0.1, 0.15) is 48.0 Å². The molecule has 2 rings (SSSR count). The number of aromatic nitrogens is 1. The summed E-state index contributed by atoms with van der Waals surface area (Å²) in [6.45, 7) is 1.95. The average molecular weight is 203 g/mol. The van der Waals surface area contributed by atoms with Gasteiger partial charge in [0.25, 0.3) is 0 Å². The molecule has 0 bridgehead atoms. The lowest BCUT2D eigenvalue weighted by Gasteiger charge is -2.08.